The third-order valence-electron chi connectivity index (χ3n) is 7.43. The first-order valence-electron chi connectivity index (χ1n) is 11.3. The second kappa shape index (κ2) is 8.72. The third kappa shape index (κ3) is 4.47. The van der Waals surface area contributed by atoms with Crippen LogP contribution in [0.1, 0.15) is 23.1 Å². The minimum absolute atomic E-state index is 0.102. The van der Waals surface area contributed by atoms with E-state index in [-0.39, 0.29) is 38.2 Å². The summed E-state index contributed by atoms with van der Waals surface area (Å²) in [5.41, 5.74) is -1.00. The van der Waals surface area contributed by atoms with E-state index >= 15 is 0 Å². The quantitative estimate of drug-likeness (QED) is 0.395. The molecule has 0 N–H and O–H groups in total. The Morgan fingerprint density at radius 3 is 2.35 bits per heavy atom. The van der Waals surface area contributed by atoms with Crippen LogP contribution in [0.25, 0.3) is 0 Å². The lowest BCUT2D eigenvalue weighted by Crippen LogP contribution is -2.62. The van der Waals surface area contributed by atoms with E-state index in [0.717, 1.165) is 29.5 Å². The molecule has 200 valence electrons. The van der Waals surface area contributed by atoms with Gasteiger partial charge in [0, 0.05) is 25.0 Å². The molecule has 0 saturated carbocycles. The average Bonchev–Trinajstić information content (AvgIpc) is 3.37. The number of sulfone groups is 1. The summed E-state index contributed by atoms with van der Waals surface area (Å²) in [6.45, 7) is 0.345. The van der Waals surface area contributed by atoms with Crippen LogP contribution in [0.5, 0.6) is 0 Å². The highest BCUT2D eigenvalue weighted by molar-refractivity contribution is 7.91. The van der Waals surface area contributed by atoms with Gasteiger partial charge in [0.2, 0.25) is 5.91 Å². The molecule has 0 radical (unpaired) electrons. The number of benzene rings is 2. The Labute approximate surface area is 221 Å². The number of alkyl halides is 3. The zero-order chi connectivity index (χ0) is 27.0. The van der Waals surface area contributed by atoms with E-state index < -0.39 is 61.1 Å². The molecule has 3 heterocycles. The standard InChI is InChI=1S/C24H22Cl2F4N2O4S/c1-37(34,35)10-20(33)32-12-23(13-32)17-3-2-16(6-14(17)9-36-23)31-5-4-22(11-31,24(28,29)30)15-7-18(25)21(27)19(26)8-15/h2-3,6-8H,4-5,9-13H2,1H3. The molecule has 1 atom stereocenters. The molecule has 5 rings (SSSR count). The number of halogens is 6. The topological polar surface area (TPSA) is 66.9 Å². The molecule has 1 unspecified atom stereocenters. The summed E-state index contributed by atoms with van der Waals surface area (Å²) in [7, 11) is -3.45. The van der Waals surface area contributed by atoms with Crippen LogP contribution in [0.4, 0.5) is 23.2 Å². The summed E-state index contributed by atoms with van der Waals surface area (Å²) in [6.07, 6.45) is -3.90. The van der Waals surface area contributed by atoms with Crippen molar-refractivity contribution < 1.29 is 35.5 Å². The number of carbonyl (C=O) groups is 1. The number of amides is 1. The predicted octanol–water partition coefficient (Wildman–Crippen LogP) is 4.46. The first-order valence-corrected chi connectivity index (χ1v) is 14.2. The SMILES string of the molecule is CS(=O)(=O)CC(=O)N1CC2(C1)OCc1cc(N3CCC(c4cc(Cl)c(F)c(Cl)c4)(C(F)(F)F)C3)ccc12. The minimum Gasteiger partial charge on any atom is -0.370 e. The molecule has 3 aliphatic rings. The van der Waals surface area contributed by atoms with Gasteiger partial charge >= 0.3 is 6.18 Å². The van der Waals surface area contributed by atoms with Crippen molar-refractivity contribution in [1.82, 2.24) is 4.90 Å². The largest absolute Gasteiger partial charge is 0.400 e. The molecule has 0 aromatic heterocycles. The van der Waals surface area contributed by atoms with Crippen molar-refractivity contribution in [3.05, 3.63) is 62.9 Å². The van der Waals surface area contributed by atoms with Crippen LogP contribution >= 0.6 is 23.2 Å². The Hall–Kier alpha value is -2.08. The van der Waals surface area contributed by atoms with Crippen LogP contribution in [0, 0.1) is 5.82 Å². The number of rotatable bonds is 4. The van der Waals surface area contributed by atoms with Gasteiger partial charge in [-0.05, 0) is 47.4 Å². The van der Waals surface area contributed by atoms with Crippen LogP contribution < -0.4 is 4.90 Å². The van der Waals surface area contributed by atoms with E-state index in [2.05, 4.69) is 0 Å². The maximum Gasteiger partial charge on any atom is 0.400 e. The Balaban J connectivity index is 1.37. The Bertz CT molecular complexity index is 1370. The molecule has 13 heteroatoms. The van der Waals surface area contributed by atoms with E-state index in [1.807, 2.05) is 0 Å². The number of likely N-dealkylation sites (tertiary alicyclic amines) is 1. The summed E-state index contributed by atoms with van der Waals surface area (Å²) in [5, 5.41) is -0.928. The normalized spacial score (nSPS) is 22.9. The molecule has 6 nitrogen and oxygen atoms in total. The molecule has 2 saturated heterocycles. The first-order chi connectivity index (χ1) is 17.1. The van der Waals surface area contributed by atoms with Gasteiger partial charge < -0.3 is 14.5 Å². The van der Waals surface area contributed by atoms with Crippen molar-refractivity contribution >= 4 is 44.6 Å². The molecular formula is C24H22Cl2F4N2O4S. The van der Waals surface area contributed by atoms with Crippen LogP contribution in [0.2, 0.25) is 10.0 Å². The number of ether oxygens (including phenoxy) is 1. The van der Waals surface area contributed by atoms with Gasteiger partial charge in [-0.3, -0.25) is 4.79 Å². The lowest BCUT2D eigenvalue weighted by atomic mass is 9.79. The van der Waals surface area contributed by atoms with Gasteiger partial charge in [0.1, 0.15) is 16.8 Å². The highest BCUT2D eigenvalue weighted by Crippen LogP contribution is 2.51. The van der Waals surface area contributed by atoms with Crippen molar-refractivity contribution in [3.8, 4) is 0 Å². The monoisotopic (exact) mass is 580 g/mol. The Kier molecular flexibility index (Phi) is 6.25. The second-order valence-electron chi connectivity index (χ2n) is 9.95. The van der Waals surface area contributed by atoms with Crippen LogP contribution in [-0.4, -0.2) is 63.6 Å². The number of nitrogens with zero attached hydrogens (tertiary/aromatic N) is 2. The van der Waals surface area contributed by atoms with Crippen molar-refractivity contribution in [2.45, 2.75) is 30.2 Å². The average molecular weight is 581 g/mol. The molecule has 2 aromatic carbocycles. The predicted molar refractivity (Wildman–Crippen MR) is 130 cm³/mol. The number of hydrogen-bond acceptors (Lipinski definition) is 5. The molecule has 3 aliphatic heterocycles. The fourth-order valence-electron chi connectivity index (χ4n) is 5.45. The highest BCUT2D eigenvalue weighted by Gasteiger charge is 2.59. The van der Waals surface area contributed by atoms with Crippen LogP contribution in [0.3, 0.4) is 0 Å². The summed E-state index contributed by atoms with van der Waals surface area (Å²) in [6, 6.07) is 7.27. The van der Waals surface area contributed by atoms with E-state index in [4.69, 9.17) is 27.9 Å². The zero-order valence-electron chi connectivity index (χ0n) is 19.5. The van der Waals surface area contributed by atoms with Gasteiger partial charge in [0.25, 0.3) is 0 Å². The summed E-state index contributed by atoms with van der Waals surface area (Å²) in [5.74, 6) is -2.03. The fourth-order valence-corrected chi connectivity index (χ4v) is 6.57. The van der Waals surface area contributed by atoms with Gasteiger partial charge in [-0.1, -0.05) is 29.3 Å². The van der Waals surface area contributed by atoms with Crippen molar-refractivity contribution in [3.63, 3.8) is 0 Å². The summed E-state index contributed by atoms with van der Waals surface area (Å²) < 4.78 is 86.0. The minimum atomic E-state index is -4.63. The molecule has 0 bridgehead atoms. The molecule has 0 aliphatic carbocycles. The lowest BCUT2D eigenvalue weighted by molar-refractivity contribution is -0.184. The molecular weight excluding hydrogens is 559 g/mol. The Morgan fingerprint density at radius 2 is 1.76 bits per heavy atom. The van der Waals surface area contributed by atoms with Crippen LogP contribution in [0.15, 0.2) is 30.3 Å². The lowest BCUT2D eigenvalue weighted by Gasteiger charge is -2.47. The Morgan fingerprint density at radius 1 is 1.11 bits per heavy atom. The molecule has 2 aromatic rings. The fraction of sp³-hybridized carbons (Fsp3) is 0.458. The van der Waals surface area contributed by atoms with Gasteiger partial charge in [-0.25, -0.2) is 12.8 Å². The maximum atomic E-state index is 14.4. The van der Waals surface area contributed by atoms with E-state index in [1.165, 1.54) is 4.90 Å². The molecule has 37 heavy (non-hydrogen) atoms. The second-order valence-corrected chi connectivity index (χ2v) is 12.9. The van der Waals surface area contributed by atoms with Gasteiger partial charge in [0.05, 0.1) is 29.7 Å². The summed E-state index contributed by atoms with van der Waals surface area (Å²) >= 11 is 11.7. The molecule has 1 amide bonds. The molecule has 2 fully saturated rings. The van der Waals surface area contributed by atoms with Crippen molar-refractivity contribution in [2.24, 2.45) is 0 Å². The van der Waals surface area contributed by atoms with Crippen LogP contribution in [-0.2, 0) is 37.0 Å². The molecule has 1 spiro atoms. The maximum absolute atomic E-state index is 14.4. The number of anilines is 1. The van der Waals surface area contributed by atoms with Gasteiger partial charge in [0.15, 0.2) is 15.7 Å². The van der Waals surface area contributed by atoms with Crippen molar-refractivity contribution in [1.29, 1.82) is 0 Å². The number of carbonyl (C=O) groups excluding carboxylic acids is 1. The van der Waals surface area contributed by atoms with E-state index in [1.54, 1.807) is 23.1 Å². The first kappa shape index (κ1) is 26.5. The smallest absolute Gasteiger partial charge is 0.370 e. The number of hydrogen-bond donors (Lipinski definition) is 0. The summed E-state index contributed by atoms with van der Waals surface area (Å²) in [4.78, 5) is 15.2. The van der Waals surface area contributed by atoms with E-state index in [0.29, 0.717) is 5.69 Å². The van der Waals surface area contributed by atoms with Crippen molar-refractivity contribution in [2.75, 3.05) is 43.1 Å². The third-order valence-corrected chi connectivity index (χ3v) is 8.75. The van der Waals surface area contributed by atoms with E-state index in [9.17, 15) is 30.8 Å². The van der Waals surface area contributed by atoms with Gasteiger partial charge in [-0.15, -0.1) is 0 Å². The number of fused-ring (bicyclic) bond motifs is 2. The van der Waals surface area contributed by atoms with Gasteiger partial charge in [-0.2, -0.15) is 13.2 Å². The highest BCUT2D eigenvalue weighted by atomic mass is 35.5. The zero-order valence-corrected chi connectivity index (χ0v) is 21.9.